The Balaban J connectivity index is 1.78. The Kier molecular flexibility index (Phi) is 5.54. The number of para-hydroxylation sites is 1. The standard InChI is InChI=1S/C14H20N2O2S/c1-18-13-5-3-2-4-12(13)10-19-11-14(17)16-8-6-15-7-9-16/h2-5,15H,6-11H2,1H3. The fourth-order valence-corrected chi connectivity index (χ4v) is 2.99. The third-order valence-corrected chi connectivity index (χ3v) is 4.11. The van der Waals surface area contributed by atoms with E-state index >= 15 is 0 Å². The molecule has 0 bridgehead atoms. The molecule has 4 nitrogen and oxygen atoms in total. The number of ether oxygens (including phenoxy) is 1. The predicted molar refractivity (Wildman–Crippen MR) is 78.6 cm³/mol. The Bertz CT molecular complexity index is 420. The lowest BCUT2D eigenvalue weighted by atomic mass is 10.2. The number of methoxy groups -OCH3 is 1. The van der Waals surface area contributed by atoms with Gasteiger partial charge in [-0.05, 0) is 6.07 Å². The molecule has 1 fully saturated rings. The van der Waals surface area contributed by atoms with Crippen molar-refractivity contribution in [2.45, 2.75) is 5.75 Å². The zero-order valence-electron chi connectivity index (χ0n) is 11.2. The minimum atomic E-state index is 0.237. The molecular weight excluding hydrogens is 260 g/mol. The number of carbonyl (C=O) groups is 1. The number of thioether (sulfide) groups is 1. The summed E-state index contributed by atoms with van der Waals surface area (Å²) < 4.78 is 5.30. The van der Waals surface area contributed by atoms with Crippen LogP contribution in [-0.4, -0.2) is 49.8 Å². The molecule has 2 rings (SSSR count). The number of hydrogen-bond acceptors (Lipinski definition) is 4. The van der Waals surface area contributed by atoms with Crippen LogP contribution in [0, 0.1) is 0 Å². The number of amides is 1. The summed E-state index contributed by atoms with van der Waals surface area (Å²) in [6, 6.07) is 7.95. The number of hydrogen-bond donors (Lipinski definition) is 1. The molecule has 1 aliphatic rings. The smallest absolute Gasteiger partial charge is 0.232 e. The van der Waals surface area contributed by atoms with Crippen molar-refractivity contribution in [3.05, 3.63) is 29.8 Å². The summed E-state index contributed by atoms with van der Waals surface area (Å²) in [7, 11) is 1.68. The summed E-state index contributed by atoms with van der Waals surface area (Å²) in [4.78, 5) is 13.9. The lowest BCUT2D eigenvalue weighted by Gasteiger charge is -2.27. The molecule has 1 heterocycles. The van der Waals surface area contributed by atoms with Gasteiger partial charge in [0.1, 0.15) is 5.75 Å². The van der Waals surface area contributed by atoms with Gasteiger partial charge in [0.2, 0.25) is 5.91 Å². The van der Waals surface area contributed by atoms with E-state index in [1.54, 1.807) is 18.9 Å². The molecule has 0 aromatic heterocycles. The molecule has 1 saturated heterocycles. The highest BCUT2D eigenvalue weighted by Gasteiger charge is 2.15. The maximum Gasteiger partial charge on any atom is 0.232 e. The van der Waals surface area contributed by atoms with E-state index in [0.717, 1.165) is 43.2 Å². The van der Waals surface area contributed by atoms with Gasteiger partial charge in [-0.15, -0.1) is 11.8 Å². The van der Waals surface area contributed by atoms with Crippen molar-refractivity contribution < 1.29 is 9.53 Å². The highest BCUT2D eigenvalue weighted by Crippen LogP contribution is 2.22. The van der Waals surface area contributed by atoms with Crippen molar-refractivity contribution in [3.63, 3.8) is 0 Å². The van der Waals surface area contributed by atoms with E-state index in [1.807, 2.05) is 29.2 Å². The number of nitrogens with zero attached hydrogens (tertiary/aromatic N) is 1. The van der Waals surface area contributed by atoms with Gasteiger partial charge in [0.25, 0.3) is 0 Å². The predicted octanol–water partition coefficient (Wildman–Crippen LogP) is 1.36. The van der Waals surface area contributed by atoms with Crippen molar-refractivity contribution in [1.29, 1.82) is 0 Å². The van der Waals surface area contributed by atoms with Gasteiger partial charge in [0.15, 0.2) is 0 Å². The van der Waals surface area contributed by atoms with Gasteiger partial charge in [0.05, 0.1) is 12.9 Å². The van der Waals surface area contributed by atoms with Gasteiger partial charge in [-0.25, -0.2) is 0 Å². The van der Waals surface area contributed by atoms with Crippen LogP contribution in [0.15, 0.2) is 24.3 Å². The van der Waals surface area contributed by atoms with Crippen LogP contribution in [0.4, 0.5) is 0 Å². The number of carbonyl (C=O) groups excluding carboxylic acids is 1. The molecule has 0 saturated carbocycles. The first-order valence-electron chi connectivity index (χ1n) is 6.49. The number of nitrogens with one attached hydrogen (secondary N) is 1. The van der Waals surface area contributed by atoms with Crippen LogP contribution in [0.25, 0.3) is 0 Å². The highest BCUT2D eigenvalue weighted by atomic mass is 32.2. The summed E-state index contributed by atoms with van der Waals surface area (Å²) in [5.74, 6) is 2.48. The SMILES string of the molecule is COc1ccccc1CSCC(=O)N1CCNCC1. The Morgan fingerprint density at radius 3 is 2.84 bits per heavy atom. The van der Waals surface area contributed by atoms with E-state index in [0.29, 0.717) is 5.75 Å². The molecule has 1 aromatic rings. The van der Waals surface area contributed by atoms with Crippen molar-refractivity contribution in [3.8, 4) is 5.75 Å². The molecule has 5 heteroatoms. The Labute approximate surface area is 118 Å². The summed E-state index contributed by atoms with van der Waals surface area (Å²) >= 11 is 1.65. The molecule has 0 radical (unpaired) electrons. The molecule has 0 spiro atoms. The molecule has 1 amide bonds. The normalized spacial score (nSPS) is 15.3. The third kappa shape index (κ3) is 4.14. The van der Waals surface area contributed by atoms with E-state index in [2.05, 4.69) is 5.32 Å². The monoisotopic (exact) mass is 280 g/mol. The van der Waals surface area contributed by atoms with Gasteiger partial charge >= 0.3 is 0 Å². The van der Waals surface area contributed by atoms with Crippen LogP contribution >= 0.6 is 11.8 Å². The largest absolute Gasteiger partial charge is 0.496 e. The maximum absolute atomic E-state index is 12.0. The molecule has 1 aromatic carbocycles. The fourth-order valence-electron chi connectivity index (χ4n) is 2.08. The second kappa shape index (κ2) is 7.40. The van der Waals surface area contributed by atoms with Crippen LogP contribution < -0.4 is 10.1 Å². The number of piperazine rings is 1. The van der Waals surface area contributed by atoms with Crippen molar-refractivity contribution in [1.82, 2.24) is 10.2 Å². The summed E-state index contributed by atoms with van der Waals surface area (Å²) in [5.41, 5.74) is 1.14. The van der Waals surface area contributed by atoms with Gasteiger partial charge < -0.3 is 15.0 Å². The number of benzene rings is 1. The molecule has 0 atom stereocenters. The van der Waals surface area contributed by atoms with Crippen molar-refractivity contribution >= 4 is 17.7 Å². The molecule has 1 N–H and O–H groups in total. The minimum Gasteiger partial charge on any atom is -0.496 e. The topological polar surface area (TPSA) is 41.6 Å². The summed E-state index contributed by atoms with van der Waals surface area (Å²) in [5, 5.41) is 3.25. The molecule has 19 heavy (non-hydrogen) atoms. The zero-order chi connectivity index (χ0) is 13.5. The highest BCUT2D eigenvalue weighted by molar-refractivity contribution is 7.99. The maximum atomic E-state index is 12.0. The van der Waals surface area contributed by atoms with Crippen molar-refractivity contribution in [2.75, 3.05) is 39.0 Å². The third-order valence-electron chi connectivity index (χ3n) is 3.15. The molecule has 0 unspecified atom stereocenters. The van der Waals surface area contributed by atoms with E-state index in [-0.39, 0.29) is 5.91 Å². The number of rotatable bonds is 5. The van der Waals surface area contributed by atoms with E-state index in [4.69, 9.17) is 4.74 Å². The van der Waals surface area contributed by atoms with Gasteiger partial charge in [-0.2, -0.15) is 0 Å². The van der Waals surface area contributed by atoms with Gasteiger partial charge in [-0.1, -0.05) is 18.2 Å². The van der Waals surface area contributed by atoms with Crippen LogP contribution in [0.3, 0.4) is 0 Å². The van der Waals surface area contributed by atoms with E-state index < -0.39 is 0 Å². The second-order valence-corrected chi connectivity index (χ2v) is 5.42. The van der Waals surface area contributed by atoms with E-state index in [9.17, 15) is 4.79 Å². The molecule has 1 aliphatic heterocycles. The second-order valence-electron chi connectivity index (χ2n) is 4.44. The Morgan fingerprint density at radius 1 is 1.37 bits per heavy atom. The van der Waals surface area contributed by atoms with Gasteiger partial charge in [-0.3, -0.25) is 4.79 Å². The van der Waals surface area contributed by atoms with Crippen molar-refractivity contribution in [2.24, 2.45) is 0 Å². The Morgan fingerprint density at radius 2 is 2.11 bits per heavy atom. The molecule has 0 aliphatic carbocycles. The zero-order valence-corrected chi connectivity index (χ0v) is 12.0. The molecular formula is C14H20N2O2S. The minimum absolute atomic E-state index is 0.237. The van der Waals surface area contributed by atoms with E-state index in [1.165, 1.54) is 0 Å². The Hall–Kier alpha value is -1.20. The lowest BCUT2D eigenvalue weighted by molar-refractivity contribution is -0.128. The fraction of sp³-hybridized carbons (Fsp3) is 0.500. The first-order valence-corrected chi connectivity index (χ1v) is 7.65. The first kappa shape index (κ1) is 14.2. The summed E-state index contributed by atoms with van der Waals surface area (Å²) in [6.45, 7) is 3.47. The van der Waals surface area contributed by atoms with Crippen LogP contribution in [-0.2, 0) is 10.5 Å². The van der Waals surface area contributed by atoms with Crippen LogP contribution in [0.5, 0.6) is 5.75 Å². The average molecular weight is 280 g/mol. The quantitative estimate of drug-likeness (QED) is 0.884. The molecule has 104 valence electrons. The van der Waals surface area contributed by atoms with Crippen LogP contribution in [0.2, 0.25) is 0 Å². The summed E-state index contributed by atoms with van der Waals surface area (Å²) in [6.07, 6.45) is 0. The van der Waals surface area contributed by atoms with Gasteiger partial charge in [0, 0.05) is 37.5 Å². The average Bonchev–Trinajstić information content (AvgIpc) is 2.48. The van der Waals surface area contributed by atoms with Crippen LogP contribution in [0.1, 0.15) is 5.56 Å². The lowest BCUT2D eigenvalue weighted by Crippen LogP contribution is -2.47. The first-order chi connectivity index (χ1) is 9.31.